The molecule has 1 atom stereocenters. The Morgan fingerprint density at radius 3 is 2.83 bits per heavy atom. The van der Waals surface area contributed by atoms with Crippen molar-refractivity contribution in [1.82, 2.24) is 9.88 Å². The van der Waals surface area contributed by atoms with Crippen LogP contribution in [0.3, 0.4) is 0 Å². The minimum absolute atomic E-state index is 0.220. The van der Waals surface area contributed by atoms with Crippen LogP contribution in [-0.2, 0) is 4.74 Å². The fraction of sp³-hybridized carbons (Fsp3) is 0.522. The van der Waals surface area contributed by atoms with Gasteiger partial charge in [0.1, 0.15) is 24.2 Å². The lowest BCUT2D eigenvalue weighted by molar-refractivity contribution is 0.0319. The normalized spacial score (nSPS) is 19.7. The third kappa shape index (κ3) is 5.06. The summed E-state index contributed by atoms with van der Waals surface area (Å²) in [5.74, 6) is 1.29. The number of aliphatic hydroxyl groups is 1. The van der Waals surface area contributed by atoms with E-state index in [1.54, 1.807) is 25.6 Å². The highest BCUT2D eigenvalue weighted by Crippen LogP contribution is 2.39. The molecule has 1 spiro atoms. The second-order valence-electron chi connectivity index (χ2n) is 8.32. The highest BCUT2D eigenvalue weighted by molar-refractivity contribution is 6.31. The highest BCUT2D eigenvalue weighted by Gasteiger charge is 2.38. The van der Waals surface area contributed by atoms with Gasteiger partial charge < -0.3 is 24.2 Å². The molecular formula is C23H29ClN2O4. The van der Waals surface area contributed by atoms with Gasteiger partial charge >= 0.3 is 0 Å². The van der Waals surface area contributed by atoms with Crippen molar-refractivity contribution in [1.29, 1.82) is 0 Å². The van der Waals surface area contributed by atoms with Gasteiger partial charge in [-0.15, -0.1) is 0 Å². The summed E-state index contributed by atoms with van der Waals surface area (Å²) in [4.78, 5) is 6.41. The zero-order chi connectivity index (χ0) is 21.0. The maximum Gasteiger partial charge on any atom is 0.144 e. The van der Waals surface area contributed by atoms with Crippen molar-refractivity contribution in [3.63, 3.8) is 0 Å². The molecule has 4 rings (SSSR count). The van der Waals surface area contributed by atoms with Gasteiger partial charge in [-0.1, -0.05) is 11.6 Å². The van der Waals surface area contributed by atoms with Gasteiger partial charge in [-0.25, -0.2) is 0 Å². The van der Waals surface area contributed by atoms with E-state index in [9.17, 15) is 5.11 Å². The summed E-state index contributed by atoms with van der Waals surface area (Å²) in [7, 11) is 1.61. The number of hydrogen-bond donors (Lipinski definition) is 1. The number of aromatic nitrogens is 1. The van der Waals surface area contributed by atoms with E-state index in [0.717, 1.165) is 50.3 Å². The average molecular weight is 433 g/mol. The Balaban J connectivity index is 1.33. The summed E-state index contributed by atoms with van der Waals surface area (Å²) >= 11 is 6.31. The smallest absolute Gasteiger partial charge is 0.144 e. The van der Waals surface area contributed by atoms with Gasteiger partial charge in [0, 0.05) is 29.9 Å². The fourth-order valence-electron chi connectivity index (χ4n) is 4.38. The minimum atomic E-state index is -0.559. The molecule has 3 heterocycles. The minimum Gasteiger partial charge on any atom is -0.494 e. The van der Waals surface area contributed by atoms with Crippen molar-refractivity contribution in [2.24, 2.45) is 5.41 Å². The summed E-state index contributed by atoms with van der Waals surface area (Å²) in [5, 5.41) is 11.1. The molecule has 0 saturated carbocycles. The molecule has 0 bridgehead atoms. The number of aliphatic hydroxyl groups excluding tert-OH is 1. The van der Waals surface area contributed by atoms with E-state index in [1.807, 2.05) is 18.2 Å². The monoisotopic (exact) mass is 432 g/mol. The van der Waals surface area contributed by atoms with Crippen molar-refractivity contribution < 1.29 is 19.3 Å². The van der Waals surface area contributed by atoms with Gasteiger partial charge in [-0.2, -0.15) is 0 Å². The molecule has 162 valence electrons. The number of ether oxygens (including phenoxy) is 3. The fourth-order valence-corrected chi connectivity index (χ4v) is 4.60. The summed E-state index contributed by atoms with van der Waals surface area (Å²) in [5.41, 5.74) is 2.15. The Labute approximate surface area is 182 Å². The molecule has 2 aromatic rings. The average Bonchev–Trinajstić information content (AvgIpc) is 3.22. The highest BCUT2D eigenvalue weighted by atomic mass is 35.5. The molecular weight excluding hydrogens is 404 g/mol. The second kappa shape index (κ2) is 9.52. The molecule has 2 saturated heterocycles. The van der Waals surface area contributed by atoms with Crippen molar-refractivity contribution in [3.05, 3.63) is 41.7 Å². The summed E-state index contributed by atoms with van der Waals surface area (Å²) in [6, 6.07) is 7.40. The van der Waals surface area contributed by atoms with E-state index in [-0.39, 0.29) is 6.61 Å². The maximum atomic E-state index is 10.5. The Hall–Kier alpha value is -1.86. The number of benzene rings is 1. The van der Waals surface area contributed by atoms with E-state index in [4.69, 9.17) is 25.8 Å². The van der Waals surface area contributed by atoms with Crippen LogP contribution in [0.2, 0.25) is 5.02 Å². The first kappa shape index (κ1) is 21.4. The Morgan fingerprint density at radius 1 is 1.27 bits per heavy atom. The quantitative estimate of drug-likeness (QED) is 0.720. The lowest BCUT2D eigenvalue weighted by Crippen LogP contribution is -2.44. The number of nitrogens with zero attached hydrogens (tertiary/aromatic N) is 2. The summed E-state index contributed by atoms with van der Waals surface area (Å²) < 4.78 is 16.9. The first-order valence-corrected chi connectivity index (χ1v) is 10.8. The molecule has 0 amide bonds. The number of piperidine rings is 1. The van der Waals surface area contributed by atoms with Crippen molar-refractivity contribution in [2.75, 3.05) is 46.6 Å². The maximum absolute atomic E-state index is 10.5. The molecule has 0 radical (unpaired) electrons. The first-order valence-electron chi connectivity index (χ1n) is 10.5. The van der Waals surface area contributed by atoms with E-state index >= 15 is 0 Å². The Kier molecular flexibility index (Phi) is 6.78. The molecule has 1 aromatic carbocycles. The van der Waals surface area contributed by atoms with Crippen molar-refractivity contribution >= 4 is 11.6 Å². The molecule has 1 unspecified atom stereocenters. The third-order valence-corrected chi connectivity index (χ3v) is 6.42. The standard InChI is InChI=1S/C23H29ClN2O4/c1-28-22-13-25-6-2-21(22)17-10-18(24)12-20(11-17)30-15-19(27)14-26-7-3-23(4-8-26)5-9-29-16-23/h2,6,10-13,19,27H,3-5,7-9,14-16H2,1H3. The number of halogens is 1. The van der Waals surface area contributed by atoms with Crippen LogP contribution in [0.15, 0.2) is 36.7 Å². The van der Waals surface area contributed by atoms with Gasteiger partial charge in [0.2, 0.25) is 0 Å². The zero-order valence-corrected chi connectivity index (χ0v) is 18.1. The predicted octanol–water partition coefficient (Wildman–Crippen LogP) is 3.65. The number of pyridine rings is 1. The van der Waals surface area contributed by atoms with Gasteiger partial charge in [0.15, 0.2) is 0 Å². The van der Waals surface area contributed by atoms with E-state index in [0.29, 0.717) is 28.5 Å². The van der Waals surface area contributed by atoms with E-state index < -0.39 is 6.10 Å². The molecule has 30 heavy (non-hydrogen) atoms. The summed E-state index contributed by atoms with van der Waals surface area (Å²) in [6.45, 7) is 4.63. The SMILES string of the molecule is COc1cnccc1-c1cc(Cl)cc(OCC(O)CN2CCC3(CCOC3)CC2)c1. The largest absolute Gasteiger partial charge is 0.494 e. The van der Waals surface area contributed by atoms with Gasteiger partial charge in [0.05, 0.1) is 19.9 Å². The zero-order valence-electron chi connectivity index (χ0n) is 17.3. The van der Waals surface area contributed by atoms with Gasteiger partial charge in [0.25, 0.3) is 0 Å². The van der Waals surface area contributed by atoms with Crippen LogP contribution in [0, 0.1) is 5.41 Å². The van der Waals surface area contributed by atoms with Crippen molar-refractivity contribution in [3.8, 4) is 22.6 Å². The Bertz CT molecular complexity index is 847. The number of rotatable bonds is 7. The Morgan fingerprint density at radius 2 is 2.10 bits per heavy atom. The molecule has 1 aromatic heterocycles. The second-order valence-corrected chi connectivity index (χ2v) is 8.76. The molecule has 2 aliphatic rings. The molecule has 1 N–H and O–H groups in total. The van der Waals surface area contributed by atoms with Crippen LogP contribution >= 0.6 is 11.6 Å². The van der Waals surface area contributed by atoms with Crippen LogP contribution in [0.4, 0.5) is 0 Å². The van der Waals surface area contributed by atoms with Crippen LogP contribution in [0.25, 0.3) is 11.1 Å². The molecule has 7 heteroatoms. The van der Waals surface area contributed by atoms with Gasteiger partial charge in [-0.05, 0) is 67.6 Å². The van der Waals surface area contributed by atoms with Crippen LogP contribution in [0.5, 0.6) is 11.5 Å². The van der Waals surface area contributed by atoms with E-state index in [2.05, 4.69) is 9.88 Å². The first-order chi connectivity index (χ1) is 14.6. The molecule has 2 aliphatic heterocycles. The molecule has 0 aliphatic carbocycles. The molecule has 6 nitrogen and oxygen atoms in total. The lowest BCUT2D eigenvalue weighted by Gasteiger charge is -2.38. The van der Waals surface area contributed by atoms with Gasteiger partial charge in [-0.3, -0.25) is 4.98 Å². The number of hydrogen-bond acceptors (Lipinski definition) is 6. The van der Waals surface area contributed by atoms with E-state index in [1.165, 1.54) is 6.42 Å². The number of methoxy groups -OCH3 is 1. The third-order valence-electron chi connectivity index (χ3n) is 6.20. The molecule has 2 fully saturated rings. The van der Waals surface area contributed by atoms with Crippen LogP contribution in [-0.4, -0.2) is 67.7 Å². The van der Waals surface area contributed by atoms with Crippen molar-refractivity contribution in [2.45, 2.75) is 25.4 Å². The topological polar surface area (TPSA) is 64.0 Å². The van der Waals surface area contributed by atoms with Crippen LogP contribution < -0.4 is 9.47 Å². The number of likely N-dealkylation sites (tertiary alicyclic amines) is 1. The lowest BCUT2D eigenvalue weighted by atomic mass is 9.78. The number of β-amino-alcohol motifs (C(OH)–C–C–N with tert-alkyl or cyclic N) is 1. The summed E-state index contributed by atoms with van der Waals surface area (Å²) in [6.07, 6.45) is 6.28. The van der Waals surface area contributed by atoms with Crippen LogP contribution in [0.1, 0.15) is 19.3 Å². The predicted molar refractivity (Wildman–Crippen MR) is 116 cm³/mol.